The normalized spacial score (nSPS) is 10.8. The van der Waals surface area contributed by atoms with Gasteiger partial charge in [0.1, 0.15) is 5.69 Å². The summed E-state index contributed by atoms with van der Waals surface area (Å²) >= 11 is 14.1. The third-order valence-corrected chi connectivity index (χ3v) is 4.21. The highest BCUT2D eigenvalue weighted by Crippen LogP contribution is 2.34. The molecule has 0 saturated heterocycles. The Morgan fingerprint density at radius 2 is 2.18 bits per heavy atom. The van der Waals surface area contributed by atoms with E-state index in [1.165, 1.54) is 0 Å². The maximum atomic E-state index is 11.7. The van der Waals surface area contributed by atoms with E-state index in [9.17, 15) is 4.79 Å². The summed E-state index contributed by atoms with van der Waals surface area (Å²) in [7, 11) is 0. The van der Waals surface area contributed by atoms with Gasteiger partial charge in [0.15, 0.2) is 0 Å². The number of aromatic amines is 1. The van der Waals surface area contributed by atoms with Gasteiger partial charge in [-0.15, -0.1) is 0 Å². The Labute approximate surface area is 122 Å². The molecule has 0 aliphatic carbocycles. The predicted molar refractivity (Wildman–Crippen MR) is 77.0 cm³/mol. The van der Waals surface area contributed by atoms with E-state index in [1.807, 2.05) is 6.07 Å². The molecule has 0 amide bonds. The molecular weight excluding hydrogens is 376 g/mol. The lowest BCUT2D eigenvalue weighted by Gasteiger charge is -1.98. The van der Waals surface area contributed by atoms with E-state index in [2.05, 4.69) is 27.6 Å². The summed E-state index contributed by atoms with van der Waals surface area (Å²) in [4.78, 5) is 14.7. The van der Waals surface area contributed by atoms with Crippen LogP contribution in [0.3, 0.4) is 0 Å². The number of aromatic nitrogens is 1. The van der Waals surface area contributed by atoms with Gasteiger partial charge in [-0.1, -0.05) is 29.3 Å². The molecule has 1 aromatic heterocycles. The van der Waals surface area contributed by atoms with E-state index in [0.717, 1.165) is 8.96 Å². The molecule has 0 aliphatic rings. The molecule has 0 radical (unpaired) electrons. The lowest BCUT2D eigenvalue weighted by atomic mass is 10.2. The minimum Gasteiger partial charge on any atom is -0.461 e. The van der Waals surface area contributed by atoms with Gasteiger partial charge >= 0.3 is 5.97 Å². The first-order valence-electron chi connectivity index (χ1n) is 4.88. The molecule has 2 rings (SSSR count). The third kappa shape index (κ3) is 2.26. The van der Waals surface area contributed by atoms with E-state index in [1.54, 1.807) is 13.0 Å². The molecule has 3 nitrogen and oxygen atoms in total. The average molecular weight is 384 g/mol. The van der Waals surface area contributed by atoms with Gasteiger partial charge in [0.05, 0.1) is 25.7 Å². The zero-order valence-electron chi connectivity index (χ0n) is 8.81. The van der Waals surface area contributed by atoms with E-state index in [-0.39, 0.29) is 5.97 Å². The van der Waals surface area contributed by atoms with Crippen LogP contribution in [0.25, 0.3) is 10.9 Å². The number of nitrogens with one attached hydrogen (secondary N) is 1. The van der Waals surface area contributed by atoms with Gasteiger partial charge in [-0.25, -0.2) is 4.79 Å². The van der Waals surface area contributed by atoms with Crippen molar-refractivity contribution in [1.82, 2.24) is 4.98 Å². The van der Waals surface area contributed by atoms with Crippen molar-refractivity contribution in [3.63, 3.8) is 0 Å². The molecule has 1 N–H and O–H groups in total. The first kappa shape index (κ1) is 13.0. The van der Waals surface area contributed by atoms with Crippen molar-refractivity contribution in [3.8, 4) is 0 Å². The number of hydrogen-bond acceptors (Lipinski definition) is 2. The highest BCUT2D eigenvalue weighted by atomic mass is 127. The van der Waals surface area contributed by atoms with Crippen molar-refractivity contribution < 1.29 is 9.53 Å². The van der Waals surface area contributed by atoms with Crippen molar-refractivity contribution in [2.45, 2.75) is 6.92 Å². The van der Waals surface area contributed by atoms with Crippen LogP contribution in [-0.2, 0) is 4.74 Å². The largest absolute Gasteiger partial charge is 0.461 e. The Bertz CT molecular complexity index is 595. The molecule has 0 aliphatic heterocycles. The number of carbonyl (C=O) groups is 1. The molecular formula is C11H8Cl2INO2. The number of fused-ring (bicyclic) bond motifs is 1. The Morgan fingerprint density at radius 1 is 1.47 bits per heavy atom. The molecule has 0 spiro atoms. The standard InChI is InChI=1S/C11H8Cl2INO2/c1-2-17-11(16)10-8(14)5-3-4-6(12)7(13)9(5)15-10/h3-4,15H,2H2,1H3. The number of carbonyl (C=O) groups excluding carboxylic acids is 1. The van der Waals surface area contributed by atoms with E-state index in [4.69, 9.17) is 27.9 Å². The van der Waals surface area contributed by atoms with Crippen LogP contribution in [-0.4, -0.2) is 17.6 Å². The number of benzene rings is 1. The summed E-state index contributed by atoms with van der Waals surface area (Å²) in [6.07, 6.45) is 0. The first-order valence-corrected chi connectivity index (χ1v) is 6.72. The van der Waals surface area contributed by atoms with E-state index >= 15 is 0 Å². The molecule has 6 heteroatoms. The number of esters is 1. The Morgan fingerprint density at radius 3 is 2.82 bits per heavy atom. The van der Waals surface area contributed by atoms with Gasteiger partial charge in [-0.2, -0.15) is 0 Å². The van der Waals surface area contributed by atoms with Crippen LogP contribution in [0, 0.1) is 3.57 Å². The highest BCUT2D eigenvalue weighted by molar-refractivity contribution is 14.1. The van der Waals surface area contributed by atoms with Crippen molar-refractivity contribution in [2.75, 3.05) is 6.61 Å². The third-order valence-electron chi connectivity index (χ3n) is 2.28. The fourth-order valence-corrected chi connectivity index (χ4v) is 2.69. The monoisotopic (exact) mass is 383 g/mol. The predicted octanol–water partition coefficient (Wildman–Crippen LogP) is 4.26. The Hall–Kier alpha value is -0.460. The van der Waals surface area contributed by atoms with Crippen LogP contribution in [0.5, 0.6) is 0 Å². The average Bonchev–Trinajstić information content (AvgIpc) is 2.63. The van der Waals surface area contributed by atoms with Crippen LogP contribution in [0.15, 0.2) is 12.1 Å². The van der Waals surface area contributed by atoms with Crippen LogP contribution in [0.4, 0.5) is 0 Å². The Kier molecular flexibility index (Phi) is 3.85. The summed E-state index contributed by atoms with van der Waals surface area (Å²) < 4.78 is 5.74. The number of rotatable bonds is 2. The molecule has 0 atom stereocenters. The number of halogens is 3. The first-order chi connectivity index (χ1) is 8.06. The van der Waals surface area contributed by atoms with E-state index < -0.39 is 0 Å². The van der Waals surface area contributed by atoms with Crippen molar-refractivity contribution >= 4 is 62.7 Å². The van der Waals surface area contributed by atoms with Crippen LogP contribution >= 0.6 is 45.8 Å². The van der Waals surface area contributed by atoms with Crippen LogP contribution < -0.4 is 0 Å². The van der Waals surface area contributed by atoms with Crippen molar-refractivity contribution in [1.29, 1.82) is 0 Å². The van der Waals surface area contributed by atoms with Gasteiger partial charge in [0.25, 0.3) is 0 Å². The van der Waals surface area contributed by atoms with Crippen molar-refractivity contribution in [3.05, 3.63) is 31.4 Å². The lowest BCUT2D eigenvalue weighted by molar-refractivity contribution is 0.0519. The fourth-order valence-electron chi connectivity index (χ4n) is 1.51. The zero-order valence-corrected chi connectivity index (χ0v) is 12.5. The van der Waals surface area contributed by atoms with Gasteiger partial charge in [-0.3, -0.25) is 0 Å². The molecule has 0 saturated carbocycles. The topological polar surface area (TPSA) is 42.1 Å². The fraction of sp³-hybridized carbons (Fsp3) is 0.182. The maximum Gasteiger partial charge on any atom is 0.355 e. The molecule has 17 heavy (non-hydrogen) atoms. The second-order valence-corrected chi connectivity index (χ2v) is 5.18. The van der Waals surface area contributed by atoms with Crippen LogP contribution in [0.2, 0.25) is 10.0 Å². The van der Waals surface area contributed by atoms with Gasteiger partial charge in [-0.05, 0) is 35.6 Å². The molecule has 0 bridgehead atoms. The van der Waals surface area contributed by atoms with E-state index in [0.29, 0.717) is 27.9 Å². The smallest absolute Gasteiger partial charge is 0.355 e. The molecule has 0 unspecified atom stereocenters. The number of ether oxygens (including phenoxy) is 1. The summed E-state index contributed by atoms with van der Waals surface area (Å²) in [5.74, 6) is -0.389. The summed E-state index contributed by atoms with van der Waals surface area (Å²) in [6.45, 7) is 2.09. The molecule has 1 aromatic carbocycles. The van der Waals surface area contributed by atoms with Gasteiger partial charge < -0.3 is 9.72 Å². The summed E-state index contributed by atoms with van der Waals surface area (Å²) in [5, 5.41) is 1.73. The molecule has 90 valence electrons. The quantitative estimate of drug-likeness (QED) is 0.622. The lowest BCUT2D eigenvalue weighted by Crippen LogP contribution is -2.06. The molecule has 0 fully saturated rings. The molecule has 2 aromatic rings. The number of H-pyrrole nitrogens is 1. The minimum absolute atomic E-state index is 0.332. The highest BCUT2D eigenvalue weighted by Gasteiger charge is 2.19. The van der Waals surface area contributed by atoms with Gasteiger partial charge in [0, 0.05) is 5.39 Å². The minimum atomic E-state index is -0.389. The molecule has 1 heterocycles. The second kappa shape index (κ2) is 5.04. The zero-order chi connectivity index (χ0) is 12.6. The van der Waals surface area contributed by atoms with Gasteiger partial charge in [0.2, 0.25) is 0 Å². The Balaban J connectivity index is 2.64. The number of hydrogen-bond donors (Lipinski definition) is 1. The maximum absolute atomic E-state index is 11.7. The second-order valence-electron chi connectivity index (χ2n) is 3.32. The summed E-state index contributed by atoms with van der Waals surface area (Å²) in [5.41, 5.74) is 1.07. The SMILES string of the molecule is CCOC(=O)c1[nH]c2c(Cl)c(Cl)ccc2c1I. The van der Waals surface area contributed by atoms with Crippen molar-refractivity contribution in [2.24, 2.45) is 0 Å². The van der Waals surface area contributed by atoms with Crippen LogP contribution in [0.1, 0.15) is 17.4 Å². The summed E-state index contributed by atoms with van der Waals surface area (Å²) in [6, 6.07) is 3.53.